The zero-order valence-electron chi connectivity index (χ0n) is 13.2. The molecule has 1 aliphatic carbocycles. The third-order valence-corrected chi connectivity index (χ3v) is 4.73. The van der Waals surface area contributed by atoms with Crippen LogP contribution in [0.2, 0.25) is 0 Å². The molecular formula is C17H20N4O2. The molecule has 1 fully saturated rings. The Morgan fingerprint density at radius 3 is 3.00 bits per heavy atom. The number of carbonyl (C=O) groups excluding carboxylic acids is 1. The molecule has 0 radical (unpaired) electrons. The van der Waals surface area contributed by atoms with Crippen LogP contribution in [-0.2, 0) is 24.6 Å². The maximum absolute atomic E-state index is 12.8. The van der Waals surface area contributed by atoms with Crippen LogP contribution in [0.4, 0.5) is 0 Å². The van der Waals surface area contributed by atoms with E-state index < -0.39 is 0 Å². The van der Waals surface area contributed by atoms with Crippen LogP contribution in [0.5, 0.6) is 0 Å². The molecule has 0 saturated carbocycles. The number of rotatable bonds is 2. The first-order chi connectivity index (χ1) is 11.2. The highest BCUT2D eigenvalue weighted by atomic mass is 16.5. The molecule has 1 amide bonds. The molecule has 2 heterocycles. The molecule has 1 saturated heterocycles. The SMILES string of the molecule is Cn1cnnc1[C@@H]1CN(C(=O)c2ccc3c(c2)CCC3)CCO1. The number of fused-ring (bicyclic) bond motifs is 1. The summed E-state index contributed by atoms with van der Waals surface area (Å²) in [4.78, 5) is 14.7. The predicted octanol–water partition coefficient (Wildman–Crippen LogP) is 1.52. The lowest BCUT2D eigenvalue weighted by Crippen LogP contribution is -2.42. The van der Waals surface area contributed by atoms with E-state index in [0.29, 0.717) is 19.7 Å². The number of carbonyl (C=O) groups is 1. The average molecular weight is 312 g/mol. The van der Waals surface area contributed by atoms with E-state index in [-0.39, 0.29) is 12.0 Å². The summed E-state index contributed by atoms with van der Waals surface area (Å²) in [5, 5.41) is 8.00. The Morgan fingerprint density at radius 1 is 1.30 bits per heavy atom. The van der Waals surface area contributed by atoms with Crippen LogP contribution in [0.3, 0.4) is 0 Å². The van der Waals surface area contributed by atoms with Gasteiger partial charge in [0.05, 0.1) is 13.2 Å². The Morgan fingerprint density at radius 2 is 2.17 bits per heavy atom. The molecule has 4 rings (SSSR count). The summed E-state index contributed by atoms with van der Waals surface area (Å²) in [6.07, 6.45) is 4.85. The van der Waals surface area contributed by atoms with Crippen molar-refractivity contribution in [3.63, 3.8) is 0 Å². The number of hydrogen-bond donors (Lipinski definition) is 0. The Balaban J connectivity index is 1.53. The summed E-state index contributed by atoms with van der Waals surface area (Å²) < 4.78 is 7.62. The molecule has 6 nitrogen and oxygen atoms in total. The van der Waals surface area contributed by atoms with Gasteiger partial charge in [-0.15, -0.1) is 10.2 Å². The first-order valence-electron chi connectivity index (χ1n) is 8.09. The molecule has 0 bridgehead atoms. The number of aromatic nitrogens is 3. The van der Waals surface area contributed by atoms with E-state index in [4.69, 9.17) is 4.74 Å². The summed E-state index contributed by atoms with van der Waals surface area (Å²) in [7, 11) is 1.89. The van der Waals surface area contributed by atoms with Gasteiger partial charge >= 0.3 is 0 Å². The third kappa shape index (κ3) is 2.63. The van der Waals surface area contributed by atoms with E-state index in [1.165, 1.54) is 17.5 Å². The normalized spacial score (nSPS) is 20.6. The highest BCUT2D eigenvalue weighted by molar-refractivity contribution is 5.94. The fourth-order valence-corrected chi connectivity index (χ4v) is 3.46. The smallest absolute Gasteiger partial charge is 0.254 e. The van der Waals surface area contributed by atoms with E-state index in [2.05, 4.69) is 22.3 Å². The van der Waals surface area contributed by atoms with Gasteiger partial charge in [0.1, 0.15) is 12.4 Å². The fraction of sp³-hybridized carbons (Fsp3) is 0.471. The van der Waals surface area contributed by atoms with E-state index in [1.807, 2.05) is 22.6 Å². The number of nitrogens with zero attached hydrogens (tertiary/aromatic N) is 4. The van der Waals surface area contributed by atoms with E-state index >= 15 is 0 Å². The molecule has 1 aliphatic heterocycles. The average Bonchev–Trinajstić information content (AvgIpc) is 3.22. The zero-order chi connectivity index (χ0) is 15.8. The molecule has 1 atom stereocenters. The van der Waals surface area contributed by atoms with Gasteiger partial charge in [0.25, 0.3) is 5.91 Å². The molecule has 2 aliphatic rings. The molecule has 120 valence electrons. The van der Waals surface area contributed by atoms with Crippen LogP contribution in [0.1, 0.15) is 39.8 Å². The molecular weight excluding hydrogens is 292 g/mol. The van der Waals surface area contributed by atoms with Crippen LogP contribution >= 0.6 is 0 Å². The fourth-order valence-electron chi connectivity index (χ4n) is 3.46. The Bertz CT molecular complexity index is 740. The van der Waals surface area contributed by atoms with Crippen molar-refractivity contribution in [2.45, 2.75) is 25.4 Å². The number of benzene rings is 1. The van der Waals surface area contributed by atoms with Crippen molar-refractivity contribution in [1.82, 2.24) is 19.7 Å². The topological polar surface area (TPSA) is 60.2 Å². The van der Waals surface area contributed by atoms with Crippen molar-refractivity contribution >= 4 is 5.91 Å². The van der Waals surface area contributed by atoms with Gasteiger partial charge in [-0.1, -0.05) is 6.07 Å². The second-order valence-electron chi connectivity index (χ2n) is 6.25. The van der Waals surface area contributed by atoms with Gasteiger partial charge in [-0.2, -0.15) is 0 Å². The second kappa shape index (κ2) is 5.77. The Kier molecular flexibility index (Phi) is 3.61. The number of aryl methyl sites for hydroxylation is 3. The van der Waals surface area contributed by atoms with Crippen molar-refractivity contribution in [1.29, 1.82) is 0 Å². The van der Waals surface area contributed by atoms with Crippen molar-refractivity contribution in [2.24, 2.45) is 7.05 Å². The Labute approximate surface area is 135 Å². The van der Waals surface area contributed by atoms with Gasteiger partial charge < -0.3 is 14.2 Å². The standard InChI is InChI=1S/C17H20N4O2/c1-20-11-18-19-16(20)15-10-21(7-8-23-15)17(22)14-6-5-12-3-2-4-13(12)9-14/h5-6,9,11,15H,2-4,7-8,10H2,1H3/t15-/m0/s1. The lowest BCUT2D eigenvalue weighted by Gasteiger charge is -2.32. The molecule has 1 aromatic heterocycles. The van der Waals surface area contributed by atoms with Gasteiger partial charge in [-0.3, -0.25) is 4.79 Å². The van der Waals surface area contributed by atoms with Gasteiger partial charge in [-0.05, 0) is 42.5 Å². The van der Waals surface area contributed by atoms with Crippen molar-refractivity contribution in [3.8, 4) is 0 Å². The monoisotopic (exact) mass is 312 g/mol. The number of ether oxygens (including phenoxy) is 1. The van der Waals surface area contributed by atoms with Gasteiger partial charge in [0, 0.05) is 19.2 Å². The minimum absolute atomic E-state index is 0.0789. The molecule has 6 heteroatoms. The van der Waals surface area contributed by atoms with Gasteiger partial charge in [0.2, 0.25) is 0 Å². The van der Waals surface area contributed by atoms with Gasteiger partial charge in [0.15, 0.2) is 5.82 Å². The second-order valence-corrected chi connectivity index (χ2v) is 6.25. The molecule has 0 N–H and O–H groups in total. The highest BCUT2D eigenvalue weighted by Gasteiger charge is 2.29. The summed E-state index contributed by atoms with van der Waals surface area (Å²) in [5.74, 6) is 0.839. The third-order valence-electron chi connectivity index (χ3n) is 4.73. The molecule has 0 spiro atoms. The molecule has 23 heavy (non-hydrogen) atoms. The summed E-state index contributed by atoms with van der Waals surface area (Å²) in [5.41, 5.74) is 3.50. The largest absolute Gasteiger partial charge is 0.366 e. The van der Waals surface area contributed by atoms with Gasteiger partial charge in [-0.25, -0.2) is 0 Å². The lowest BCUT2D eigenvalue weighted by atomic mass is 10.1. The minimum Gasteiger partial charge on any atom is -0.366 e. The van der Waals surface area contributed by atoms with E-state index in [9.17, 15) is 4.79 Å². The van der Waals surface area contributed by atoms with Crippen molar-refractivity contribution in [3.05, 3.63) is 47.0 Å². The molecule has 1 aromatic carbocycles. The zero-order valence-corrected chi connectivity index (χ0v) is 13.2. The quantitative estimate of drug-likeness (QED) is 0.843. The van der Waals surface area contributed by atoms with E-state index in [0.717, 1.165) is 24.2 Å². The van der Waals surface area contributed by atoms with Crippen molar-refractivity contribution in [2.75, 3.05) is 19.7 Å². The van der Waals surface area contributed by atoms with E-state index in [1.54, 1.807) is 6.33 Å². The maximum Gasteiger partial charge on any atom is 0.254 e. The number of amides is 1. The first-order valence-corrected chi connectivity index (χ1v) is 8.09. The minimum atomic E-state index is -0.213. The van der Waals surface area contributed by atoms with Crippen LogP contribution in [0.25, 0.3) is 0 Å². The lowest BCUT2D eigenvalue weighted by molar-refractivity contribution is -0.0281. The van der Waals surface area contributed by atoms with Crippen LogP contribution < -0.4 is 0 Å². The van der Waals surface area contributed by atoms with Crippen LogP contribution in [0, 0.1) is 0 Å². The Hall–Kier alpha value is -2.21. The van der Waals surface area contributed by atoms with Crippen LogP contribution in [-0.4, -0.2) is 45.3 Å². The number of morpholine rings is 1. The highest BCUT2D eigenvalue weighted by Crippen LogP contribution is 2.25. The molecule has 2 aromatic rings. The first kappa shape index (κ1) is 14.4. The summed E-state index contributed by atoms with van der Waals surface area (Å²) in [6.45, 7) is 1.65. The summed E-state index contributed by atoms with van der Waals surface area (Å²) >= 11 is 0. The molecule has 0 unspecified atom stereocenters. The summed E-state index contributed by atoms with van der Waals surface area (Å²) in [6, 6.07) is 6.13. The predicted molar refractivity (Wildman–Crippen MR) is 84.1 cm³/mol. The number of hydrogen-bond acceptors (Lipinski definition) is 4. The maximum atomic E-state index is 12.8. The van der Waals surface area contributed by atoms with Crippen molar-refractivity contribution < 1.29 is 9.53 Å². The van der Waals surface area contributed by atoms with Crippen LogP contribution in [0.15, 0.2) is 24.5 Å².